The Morgan fingerprint density at radius 1 is 1.41 bits per heavy atom. The van der Waals surface area contributed by atoms with Crippen molar-refractivity contribution in [3.8, 4) is 0 Å². The van der Waals surface area contributed by atoms with Crippen LogP contribution in [0.25, 0.3) is 0 Å². The summed E-state index contributed by atoms with van der Waals surface area (Å²) < 4.78 is 15.5. The molecule has 1 unspecified atom stereocenters. The molecule has 22 heavy (non-hydrogen) atoms. The maximum absolute atomic E-state index is 13.6. The van der Waals surface area contributed by atoms with Crippen LogP contribution in [0.1, 0.15) is 27.8 Å². The lowest BCUT2D eigenvalue weighted by atomic mass is 10.1. The summed E-state index contributed by atoms with van der Waals surface area (Å²) in [4.78, 5) is 18.9. The molecule has 1 aliphatic rings. The van der Waals surface area contributed by atoms with Crippen LogP contribution in [0.3, 0.4) is 0 Å². The Hall–Kier alpha value is -2.21. The van der Waals surface area contributed by atoms with E-state index in [2.05, 4.69) is 10.3 Å². The number of amides is 1. The summed E-state index contributed by atoms with van der Waals surface area (Å²) in [5, 5.41) is 3.29. The highest BCUT2D eigenvalue weighted by Gasteiger charge is 2.31. The van der Waals surface area contributed by atoms with Crippen molar-refractivity contribution >= 4 is 5.91 Å². The number of halogens is 1. The van der Waals surface area contributed by atoms with Gasteiger partial charge in [0.1, 0.15) is 17.7 Å². The van der Waals surface area contributed by atoms with Crippen LogP contribution in [0.5, 0.6) is 0 Å². The van der Waals surface area contributed by atoms with E-state index in [1.165, 1.54) is 12.1 Å². The standard InChI is InChI=1S/C16H19FN4O/c1-11-7-12(9-13(17)8-11)16(22)21-6-3-18-10-14(21)15-19-4-5-20(15)2/h4-5,7-9,14,18H,3,6,10H2,1-2H3. The van der Waals surface area contributed by atoms with E-state index in [1.807, 2.05) is 17.8 Å². The molecule has 0 aliphatic carbocycles. The van der Waals surface area contributed by atoms with E-state index in [1.54, 1.807) is 24.1 Å². The molecule has 0 radical (unpaired) electrons. The van der Waals surface area contributed by atoms with Crippen LogP contribution in [0.15, 0.2) is 30.6 Å². The average molecular weight is 302 g/mol. The Morgan fingerprint density at radius 2 is 2.23 bits per heavy atom. The van der Waals surface area contributed by atoms with E-state index in [4.69, 9.17) is 0 Å². The first-order valence-electron chi connectivity index (χ1n) is 7.32. The minimum Gasteiger partial charge on any atom is -0.336 e. The summed E-state index contributed by atoms with van der Waals surface area (Å²) in [6.07, 6.45) is 3.58. The number of aryl methyl sites for hydroxylation is 2. The maximum Gasteiger partial charge on any atom is 0.254 e. The Balaban J connectivity index is 1.93. The fraction of sp³-hybridized carbons (Fsp3) is 0.375. The largest absolute Gasteiger partial charge is 0.336 e. The van der Waals surface area contributed by atoms with Gasteiger partial charge in [-0.15, -0.1) is 0 Å². The first-order valence-corrected chi connectivity index (χ1v) is 7.32. The number of imidazole rings is 1. The molecule has 1 atom stereocenters. The molecule has 1 N–H and O–H groups in total. The van der Waals surface area contributed by atoms with Crippen molar-refractivity contribution < 1.29 is 9.18 Å². The van der Waals surface area contributed by atoms with Gasteiger partial charge in [-0.25, -0.2) is 9.37 Å². The van der Waals surface area contributed by atoms with Gasteiger partial charge in [0.05, 0.1) is 0 Å². The fourth-order valence-electron chi connectivity index (χ4n) is 2.90. The first kappa shape index (κ1) is 14.7. The molecule has 1 aromatic heterocycles. The zero-order chi connectivity index (χ0) is 15.7. The number of carbonyl (C=O) groups excluding carboxylic acids is 1. The van der Waals surface area contributed by atoms with Gasteiger partial charge in [0.15, 0.2) is 0 Å². The third kappa shape index (κ3) is 2.74. The Kier molecular flexibility index (Phi) is 3.94. The molecule has 5 nitrogen and oxygen atoms in total. The van der Waals surface area contributed by atoms with Crippen LogP contribution in [-0.2, 0) is 7.05 Å². The van der Waals surface area contributed by atoms with Crippen molar-refractivity contribution in [2.75, 3.05) is 19.6 Å². The smallest absolute Gasteiger partial charge is 0.254 e. The lowest BCUT2D eigenvalue weighted by molar-refractivity contribution is 0.0620. The van der Waals surface area contributed by atoms with Crippen molar-refractivity contribution in [3.05, 3.63) is 53.4 Å². The maximum atomic E-state index is 13.6. The summed E-state index contributed by atoms with van der Waals surface area (Å²) in [6.45, 7) is 3.73. The number of benzene rings is 1. The van der Waals surface area contributed by atoms with Crippen molar-refractivity contribution in [2.24, 2.45) is 7.05 Å². The predicted molar refractivity (Wildman–Crippen MR) is 81.0 cm³/mol. The molecule has 6 heteroatoms. The van der Waals surface area contributed by atoms with Crippen LogP contribution in [0.2, 0.25) is 0 Å². The summed E-state index contributed by atoms with van der Waals surface area (Å²) >= 11 is 0. The highest BCUT2D eigenvalue weighted by atomic mass is 19.1. The molecule has 2 aromatic rings. The highest BCUT2D eigenvalue weighted by molar-refractivity contribution is 5.94. The van der Waals surface area contributed by atoms with Gasteiger partial charge in [-0.1, -0.05) is 0 Å². The monoisotopic (exact) mass is 302 g/mol. The van der Waals surface area contributed by atoms with Gasteiger partial charge >= 0.3 is 0 Å². The lowest BCUT2D eigenvalue weighted by Gasteiger charge is -2.35. The van der Waals surface area contributed by atoms with Crippen molar-refractivity contribution in [2.45, 2.75) is 13.0 Å². The second kappa shape index (κ2) is 5.88. The minimum atomic E-state index is -0.382. The highest BCUT2D eigenvalue weighted by Crippen LogP contribution is 2.23. The lowest BCUT2D eigenvalue weighted by Crippen LogP contribution is -2.49. The summed E-state index contributed by atoms with van der Waals surface area (Å²) in [7, 11) is 1.91. The van der Waals surface area contributed by atoms with Crippen molar-refractivity contribution in [1.29, 1.82) is 0 Å². The molecule has 1 saturated heterocycles. The van der Waals surface area contributed by atoms with Gasteiger partial charge in [0.25, 0.3) is 5.91 Å². The van der Waals surface area contributed by atoms with Gasteiger partial charge in [0, 0.05) is 44.6 Å². The molecule has 0 bridgehead atoms. The van der Waals surface area contributed by atoms with E-state index in [0.717, 1.165) is 17.9 Å². The molecular formula is C16H19FN4O. The minimum absolute atomic E-state index is 0.148. The first-order chi connectivity index (χ1) is 10.6. The summed E-state index contributed by atoms with van der Waals surface area (Å²) in [5.74, 6) is 0.290. The number of nitrogens with zero attached hydrogens (tertiary/aromatic N) is 3. The number of hydrogen-bond acceptors (Lipinski definition) is 3. The molecule has 116 valence electrons. The van der Waals surface area contributed by atoms with Gasteiger partial charge in [-0.3, -0.25) is 4.79 Å². The number of aromatic nitrogens is 2. The van der Waals surface area contributed by atoms with Crippen molar-refractivity contribution in [3.63, 3.8) is 0 Å². The molecule has 1 aliphatic heterocycles. The van der Waals surface area contributed by atoms with Gasteiger partial charge in [-0.2, -0.15) is 0 Å². The van der Waals surface area contributed by atoms with Crippen LogP contribution < -0.4 is 5.32 Å². The third-order valence-corrected chi connectivity index (χ3v) is 3.95. The Labute approximate surface area is 128 Å². The molecule has 0 saturated carbocycles. The topological polar surface area (TPSA) is 50.2 Å². The van der Waals surface area contributed by atoms with Crippen LogP contribution in [0, 0.1) is 12.7 Å². The SMILES string of the molecule is Cc1cc(F)cc(C(=O)N2CCNCC2c2nccn2C)c1. The number of nitrogens with one attached hydrogen (secondary N) is 1. The van der Waals surface area contributed by atoms with Gasteiger partial charge in [-0.05, 0) is 30.7 Å². The quantitative estimate of drug-likeness (QED) is 0.918. The molecule has 0 spiro atoms. The molecule has 1 fully saturated rings. The second-order valence-electron chi connectivity index (χ2n) is 5.63. The van der Waals surface area contributed by atoms with Crippen molar-refractivity contribution in [1.82, 2.24) is 19.8 Å². The van der Waals surface area contributed by atoms with Gasteiger partial charge < -0.3 is 14.8 Å². The predicted octanol–water partition coefficient (Wildman–Crippen LogP) is 1.65. The van der Waals surface area contributed by atoms with Crippen LogP contribution in [0.4, 0.5) is 4.39 Å². The van der Waals surface area contributed by atoms with E-state index in [9.17, 15) is 9.18 Å². The normalized spacial score (nSPS) is 18.5. The number of hydrogen-bond donors (Lipinski definition) is 1. The van der Waals surface area contributed by atoms with E-state index in [0.29, 0.717) is 18.7 Å². The van der Waals surface area contributed by atoms with Crippen LogP contribution in [-0.4, -0.2) is 40.0 Å². The summed E-state index contributed by atoms with van der Waals surface area (Å²) in [6, 6.07) is 4.30. The number of piperazine rings is 1. The molecule has 1 amide bonds. The zero-order valence-corrected chi connectivity index (χ0v) is 12.7. The Bertz CT molecular complexity index is 677. The van der Waals surface area contributed by atoms with E-state index < -0.39 is 0 Å². The second-order valence-corrected chi connectivity index (χ2v) is 5.63. The van der Waals surface area contributed by atoms with E-state index in [-0.39, 0.29) is 17.8 Å². The number of rotatable bonds is 2. The molecular weight excluding hydrogens is 283 g/mol. The molecule has 3 rings (SSSR count). The van der Waals surface area contributed by atoms with E-state index >= 15 is 0 Å². The molecule has 2 heterocycles. The van der Waals surface area contributed by atoms with Crippen LogP contribution >= 0.6 is 0 Å². The Morgan fingerprint density at radius 3 is 2.91 bits per heavy atom. The third-order valence-electron chi connectivity index (χ3n) is 3.95. The molecule has 1 aromatic carbocycles. The fourth-order valence-corrected chi connectivity index (χ4v) is 2.90. The average Bonchev–Trinajstić information content (AvgIpc) is 2.91. The number of carbonyl (C=O) groups is 1. The van der Waals surface area contributed by atoms with Gasteiger partial charge in [0.2, 0.25) is 0 Å². The zero-order valence-electron chi connectivity index (χ0n) is 12.7. The summed E-state index contributed by atoms with van der Waals surface area (Å²) in [5.41, 5.74) is 1.13.